The number of hydrogen-bond donors (Lipinski definition) is 1. The summed E-state index contributed by atoms with van der Waals surface area (Å²) in [6.45, 7) is 0. The van der Waals surface area contributed by atoms with Gasteiger partial charge in [-0.1, -0.05) is 11.3 Å². The van der Waals surface area contributed by atoms with Gasteiger partial charge in [-0.05, 0) is 36.4 Å². The van der Waals surface area contributed by atoms with Crippen molar-refractivity contribution in [1.82, 2.24) is 9.97 Å². The van der Waals surface area contributed by atoms with E-state index in [1.807, 2.05) is 5.38 Å². The zero-order valence-electron chi connectivity index (χ0n) is 10.9. The first-order valence-electron chi connectivity index (χ1n) is 6.20. The van der Waals surface area contributed by atoms with Crippen LogP contribution < -0.4 is 10.1 Å². The van der Waals surface area contributed by atoms with E-state index in [1.165, 1.54) is 11.3 Å². The topological polar surface area (TPSA) is 64.1 Å². The van der Waals surface area contributed by atoms with Crippen LogP contribution in [0.1, 0.15) is 10.4 Å². The highest BCUT2D eigenvalue weighted by Crippen LogP contribution is 2.23. The van der Waals surface area contributed by atoms with Crippen LogP contribution in [0, 0.1) is 0 Å². The number of nitrogens with zero attached hydrogens (tertiary/aromatic N) is 2. The zero-order chi connectivity index (χ0) is 14.5. The van der Waals surface area contributed by atoms with Crippen LogP contribution in [-0.2, 0) is 0 Å². The number of rotatable bonds is 4. The SMILES string of the molecule is O=C(Nc1cccnc1)c1ccc(Oc2nccs2)cc1. The van der Waals surface area contributed by atoms with Crippen LogP contribution in [0.15, 0.2) is 60.4 Å². The highest BCUT2D eigenvalue weighted by Gasteiger charge is 2.07. The molecular weight excluding hydrogens is 286 g/mol. The van der Waals surface area contributed by atoms with E-state index in [0.717, 1.165) is 0 Å². The van der Waals surface area contributed by atoms with Crippen molar-refractivity contribution in [3.8, 4) is 10.9 Å². The Morgan fingerprint density at radius 3 is 2.67 bits per heavy atom. The summed E-state index contributed by atoms with van der Waals surface area (Å²) in [5, 5.41) is 5.18. The van der Waals surface area contributed by atoms with Crippen molar-refractivity contribution in [2.24, 2.45) is 0 Å². The molecule has 0 unspecified atom stereocenters. The first-order chi connectivity index (χ1) is 10.3. The van der Waals surface area contributed by atoms with E-state index in [1.54, 1.807) is 55.0 Å². The number of carbonyl (C=O) groups excluding carboxylic acids is 1. The molecule has 0 aliphatic heterocycles. The van der Waals surface area contributed by atoms with Gasteiger partial charge in [0.1, 0.15) is 5.75 Å². The Balaban J connectivity index is 1.67. The number of benzene rings is 1. The minimum atomic E-state index is -0.191. The lowest BCUT2D eigenvalue weighted by molar-refractivity contribution is 0.102. The molecule has 1 N–H and O–H groups in total. The van der Waals surface area contributed by atoms with Gasteiger partial charge >= 0.3 is 0 Å². The molecule has 0 aliphatic rings. The Bertz CT molecular complexity index is 712. The molecule has 0 bridgehead atoms. The second-order valence-electron chi connectivity index (χ2n) is 4.12. The fourth-order valence-corrected chi connectivity index (χ4v) is 2.18. The molecule has 0 spiro atoms. The molecule has 0 saturated carbocycles. The first-order valence-corrected chi connectivity index (χ1v) is 7.08. The summed E-state index contributed by atoms with van der Waals surface area (Å²) >= 11 is 1.41. The van der Waals surface area contributed by atoms with Crippen molar-refractivity contribution in [3.63, 3.8) is 0 Å². The van der Waals surface area contributed by atoms with E-state index < -0.39 is 0 Å². The lowest BCUT2D eigenvalue weighted by Gasteiger charge is -2.06. The first kappa shape index (κ1) is 13.3. The molecule has 0 fully saturated rings. The maximum absolute atomic E-state index is 12.1. The van der Waals surface area contributed by atoms with Crippen molar-refractivity contribution < 1.29 is 9.53 Å². The van der Waals surface area contributed by atoms with Crippen molar-refractivity contribution in [1.29, 1.82) is 0 Å². The molecule has 1 amide bonds. The average Bonchev–Trinajstić information content (AvgIpc) is 3.02. The zero-order valence-corrected chi connectivity index (χ0v) is 11.7. The van der Waals surface area contributed by atoms with Crippen LogP contribution in [0.4, 0.5) is 5.69 Å². The lowest BCUT2D eigenvalue weighted by Crippen LogP contribution is -2.11. The van der Waals surface area contributed by atoms with E-state index >= 15 is 0 Å². The molecule has 0 atom stereocenters. The van der Waals surface area contributed by atoms with Crippen LogP contribution in [0.2, 0.25) is 0 Å². The number of anilines is 1. The van der Waals surface area contributed by atoms with E-state index in [9.17, 15) is 4.79 Å². The number of carbonyl (C=O) groups is 1. The molecule has 5 nitrogen and oxygen atoms in total. The maximum atomic E-state index is 12.1. The lowest BCUT2D eigenvalue weighted by atomic mass is 10.2. The number of thiazole rings is 1. The van der Waals surface area contributed by atoms with Crippen molar-refractivity contribution in [2.75, 3.05) is 5.32 Å². The van der Waals surface area contributed by atoms with E-state index in [0.29, 0.717) is 22.2 Å². The standard InChI is InChI=1S/C15H11N3O2S/c19-14(18-12-2-1-7-16-10-12)11-3-5-13(6-4-11)20-15-17-8-9-21-15/h1-10H,(H,18,19). The molecule has 21 heavy (non-hydrogen) atoms. The molecule has 0 radical (unpaired) electrons. The molecule has 1 aromatic carbocycles. The molecule has 6 heteroatoms. The van der Waals surface area contributed by atoms with Gasteiger partial charge in [-0.15, -0.1) is 0 Å². The van der Waals surface area contributed by atoms with Crippen LogP contribution in [0.25, 0.3) is 0 Å². The summed E-state index contributed by atoms with van der Waals surface area (Å²) in [5.41, 5.74) is 1.20. The van der Waals surface area contributed by atoms with Crippen molar-refractivity contribution in [3.05, 3.63) is 65.9 Å². The van der Waals surface area contributed by atoms with Crippen molar-refractivity contribution in [2.45, 2.75) is 0 Å². The molecule has 0 aliphatic carbocycles. The fourth-order valence-electron chi connectivity index (χ4n) is 1.68. The van der Waals surface area contributed by atoms with Gasteiger partial charge in [0.15, 0.2) is 0 Å². The summed E-state index contributed by atoms with van der Waals surface area (Å²) in [4.78, 5) is 20.0. The Kier molecular flexibility index (Phi) is 3.88. The highest BCUT2D eigenvalue weighted by molar-refractivity contribution is 7.11. The molecule has 0 saturated heterocycles. The number of amides is 1. The quantitative estimate of drug-likeness (QED) is 0.799. The van der Waals surface area contributed by atoms with E-state index in [2.05, 4.69) is 15.3 Å². The summed E-state index contributed by atoms with van der Waals surface area (Å²) in [6.07, 6.45) is 4.92. The van der Waals surface area contributed by atoms with Gasteiger partial charge in [-0.2, -0.15) is 0 Å². The summed E-state index contributed by atoms with van der Waals surface area (Å²) in [7, 11) is 0. The van der Waals surface area contributed by atoms with Crippen LogP contribution in [-0.4, -0.2) is 15.9 Å². The molecule has 2 aromatic heterocycles. The van der Waals surface area contributed by atoms with Crippen LogP contribution in [0.3, 0.4) is 0 Å². The number of aromatic nitrogens is 2. The summed E-state index contributed by atoms with van der Waals surface area (Å²) in [5.74, 6) is 0.451. The van der Waals surface area contributed by atoms with E-state index in [4.69, 9.17) is 4.74 Å². The molecule has 3 rings (SSSR count). The molecular formula is C15H11N3O2S. The highest BCUT2D eigenvalue weighted by atomic mass is 32.1. The number of hydrogen-bond acceptors (Lipinski definition) is 5. The Labute approximate surface area is 125 Å². The Morgan fingerprint density at radius 2 is 2.00 bits per heavy atom. The molecule has 104 valence electrons. The summed E-state index contributed by atoms with van der Waals surface area (Å²) in [6, 6.07) is 10.4. The molecule has 2 heterocycles. The van der Waals surface area contributed by atoms with Crippen LogP contribution in [0.5, 0.6) is 10.9 Å². The number of ether oxygens (including phenoxy) is 1. The monoisotopic (exact) mass is 297 g/mol. The van der Waals surface area contributed by atoms with Gasteiger partial charge in [0, 0.05) is 23.3 Å². The second-order valence-corrected chi connectivity index (χ2v) is 4.98. The predicted octanol–water partition coefficient (Wildman–Crippen LogP) is 3.58. The van der Waals surface area contributed by atoms with Gasteiger partial charge < -0.3 is 10.1 Å². The minimum Gasteiger partial charge on any atom is -0.431 e. The fraction of sp³-hybridized carbons (Fsp3) is 0. The van der Waals surface area contributed by atoms with Crippen LogP contribution >= 0.6 is 11.3 Å². The van der Waals surface area contributed by atoms with Gasteiger partial charge in [0.2, 0.25) is 0 Å². The Morgan fingerprint density at radius 1 is 1.14 bits per heavy atom. The van der Waals surface area contributed by atoms with E-state index in [-0.39, 0.29) is 5.91 Å². The summed E-state index contributed by atoms with van der Waals surface area (Å²) < 4.78 is 5.54. The van der Waals surface area contributed by atoms with Crippen molar-refractivity contribution >= 4 is 22.9 Å². The molecule has 3 aromatic rings. The third-order valence-electron chi connectivity index (χ3n) is 2.65. The minimum absolute atomic E-state index is 0.191. The van der Waals surface area contributed by atoms with Gasteiger partial charge in [0.25, 0.3) is 11.1 Å². The van der Waals surface area contributed by atoms with Gasteiger partial charge in [-0.3, -0.25) is 9.78 Å². The third kappa shape index (κ3) is 3.43. The largest absolute Gasteiger partial charge is 0.431 e. The predicted molar refractivity (Wildman–Crippen MR) is 80.8 cm³/mol. The smallest absolute Gasteiger partial charge is 0.278 e. The number of pyridine rings is 1. The normalized spacial score (nSPS) is 10.1. The average molecular weight is 297 g/mol. The number of nitrogens with one attached hydrogen (secondary N) is 1. The third-order valence-corrected chi connectivity index (χ3v) is 3.30. The van der Waals surface area contributed by atoms with Gasteiger partial charge in [0.05, 0.1) is 11.9 Å². The second kappa shape index (κ2) is 6.15. The Hall–Kier alpha value is -2.73. The van der Waals surface area contributed by atoms with Gasteiger partial charge in [-0.25, -0.2) is 4.98 Å². The maximum Gasteiger partial charge on any atom is 0.278 e.